The first-order valence-electron chi connectivity index (χ1n) is 4.64. The first kappa shape index (κ1) is 10.6. The zero-order valence-corrected chi connectivity index (χ0v) is 9.41. The summed E-state index contributed by atoms with van der Waals surface area (Å²) in [5.41, 5.74) is 7.56. The Balaban J connectivity index is 2.61. The molecule has 3 N–H and O–H groups in total. The van der Waals surface area contributed by atoms with E-state index in [9.17, 15) is 4.79 Å². The minimum absolute atomic E-state index is 0.205. The molecule has 4 nitrogen and oxygen atoms in total. The van der Waals surface area contributed by atoms with E-state index in [1.807, 2.05) is 12.1 Å². The number of hydrogen-bond donors (Lipinski definition) is 2. The first-order valence-corrected chi connectivity index (χ1v) is 5.45. The monoisotopic (exact) mass is 234 g/mol. The molecule has 16 heavy (non-hydrogen) atoms. The summed E-state index contributed by atoms with van der Waals surface area (Å²) in [5, 5.41) is 9.37. The molecule has 0 aliphatic carbocycles. The van der Waals surface area contributed by atoms with Gasteiger partial charge in [0.15, 0.2) is 0 Å². The van der Waals surface area contributed by atoms with Crippen LogP contribution in [-0.2, 0) is 0 Å². The fraction of sp³-hybridized carbons (Fsp3) is 0.0909. The van der Waals surface area contributed by atoms with Gasteiger partial charge in [-0.3, -0.25) is 4.98 Å². The van der Waals surface area contributed by atoms with E-state index in [-0.39, 0.29) is 5.56 Å². The Morgan fingerprint density at radius 1 is 1.44 bits per heavy atom. The van der Waals surface area contributed by atoms with Crippen LogP contribution in [0.3, 0.4) is 0 Å². The minimum atomic E-state index is -0.980. The van der Waals surface area contributed by atoms with Crippen LogP contribution < -0.4 is 5.73 Å². The minimum Gasteiger partial charge on any atom is -0.478 e. The number of carboxylic acids is 1. The average molecular weight is 234 g/mol. The average Bonchev–Trinajstić information content (AvgIpc) is 2.55. The second-order valence-electron chi connectivity index (χ2n) is 3.34. The van der Waals surface area contributed by atoms with Crippen molar-refractivity contribution in [3.05, 3.63) is 35.7 Å². The number of nitrogens with zero attached hydrogens (tertiary/aromatic N) is 1. The van der Waals surface area contributed by atoms with Crippen LogP contribution in [0.4, 0.5) is 5.00 Å². The molecule has 2 rings (SSSR count). The molecule has 0 aromatic carbocycles. The third kappa shape index (κ3) is 1.65. The van der Waals surface area contributed by atoms with Crippen molar-refractivity contribution in [3.8, 4) is 10.4 Å². The van der Waals surface area contributed by atoms with Gasteiger partial charge in [-0.25, -0.2) is 4.79 Å². The summed E-state index contributed by atoms with van der Waals surface area (Å²) in [6, 6.07) is 3.67. The van der Waals surface area contributed by atoms with Gasteiger partial charge in [-0.2, -0.15) is 0 Å². The molecule has 2 aromatic heterocycles. The Morgan fingerprint density at radius 3 is 2.56 bits per heavy atom. The third-order valence-corrected chi connectivity index (χ3v) is 3.50. The van der Waals surface area contributed by atoms with E-state index < -0.39 is 5.97 Å². The molecular weight excluding hydrogens is 224 g/mol. The normalized spacial score (nSPS) is 10.3. The zero-order chi connectivity index (χ0) is 11.7. The van der Waals surface area contributed by atoms with E-state index in [0.717, 1.165) is 10.4 Å². The summed E-state index contributed by atoms with van der Waals surface area (Å²) in [5.74, 6) is -0.980. The van der Waals surface area contributed by atoms with Gasteiger partial charge in [0.25, 0.3) is 0 Å². The molecule has 0 saturated heterocycles. The van der Waals surface area contributed by atoms with Crippen LogP contribution in [0.1, 0.15) is 15.9 Å². The summed E-state index contributed by atoms with van der Waals surface area (Å²) >= 11 is 1.29. The van der Waals surface area contributed by atoms with E-state index >= 15 is 0 Å². The molecule has 0 unspecified atom stereocenters. The highest BCUT2D eigenvalue weighted by Gasteiger charge is 2.19. The van der Waals surface area contributed by atoms with Crippen LogP contribution in [0, 0.1) is 6.92 Å². The largest absolute Gasteiger partial charge is 0.478 e. The third-order valence-electron chi connectivity index (χ3n) is 2.33. The van der Waals surface area contributed by atoms with Crippen molar-refractivity contribution < 1.29 is 9.90 Å². The second kappa shape index (κ2) is 3.94. The van der Waals surface area contributed by atoms with Gasteiger partial charge in [0.05, 0.1) is 5.56 Å². The highest BCUT2D eigenvalue weighted by molar-refractivity contribution is 7.19. The summed E-state index contributed by atoms with van der Waals surface area (Å²) in [6.45, 7) is 1.77. The quantitative estimate of drug-likeness (QED) is 0.836. The van der Waals surface area contributed by atoms with E-state index in [0.29, 0.717) is 10.6 Å². The Bertz CT molecular complexity index is 534. The smallest absolute Gasteiger partial charge is 0.338 e. The van der Waals surface area contributed by atoms with Crippen LogP contribution in [0.2, 0.25) is 0 Å². The Hall–Kier alpha value is -1.88. The lowest BCUT2D eigenvalue weighted by molar-refractivity contribution is 0.0698. The van der Waals surface area contributed by atoms with Gasteiger partial charge >= 0.3 is 5.97 Å². The molecule has 0 bridgehead atoms. The predicted octanol–water partition coefficient (Wildman–Crippen LogP) is 2.40. The predicted molar refractivity (Wildman–Crippen MR) is 63.7 cm³/mol. The summed E-state index contributed by atoms with van der Waals surface area (Å²) in [6.07, 6.45) is 3.34. The lowest BCUT2D eigenvalue weighted by Gasteiger charge is -1.98. The van der Waals surface area contributed by atoms with Crippen molar-refractivity contribution >= 4 is 22.3 Å². The Labute approximate surface area is 96.4 Å². The van der Waals surface area contributed by atoms with Gasteiger partial charge in [0.1, 0.15) is 5.00 Å². The second-order valence-corrected chi connectivity index (χ2v) is 4.39. The fourth-order valence-electron chi connectivity index (χ4n) is 1.58. The number of pyridine rings is 1. The molecule has 0 radical (unpaired) electrons. The summed E-state index contributed by atoms with van der Waals surface area (Å²) in [4.78, 5) is 15.8. The topological polar surface area (TPSA) is 76.2 Å². The number of nitrogen functional groups attached to an aromatic ring is 1. The molecule has 0 fully saturated rings. The number of carbonyl (C=O) groups is 1. The van der Waals surface area contributed by atoms with Gasteiger partial charge in [-0.05, 0) is 30.2 Å². The molecular formula is C11H10N2O2S. The van der Waals surface area contributed by atoms with E-state index in [1.165, 1.54) is 11.3 Å². The van der Waals surface area contributed by atoms with Gasteiger partial charge in [0.2, 0.25) is 0 Å². The SMILES string of the molecule is Cc1c(-c2ccncc2)sc(N)c1C(=O)O. The molecule has 0 aliphatic heterocycles. The molecule has 0 amide bonds. The number of aromatic nitrogens is 1. The van der Waals surface area contributed by atoms with Crippen molar-refractivity contribution in [2.24, 2.45) is 0 Å². The number of aromatic carboxylic acids is 1. The van der Waals surface area contributed by atoms with Crippen LogP contribution in [-0.4, -0.2) is 16.1 Å². The molecule has 2 aromatic rings. The molecule has 0 atom stereocenters. The van der Waals surface area contributed by atoms with Crippen LogP contribution in [0.15, 0.2) is 24.5 Å². The first-order chi connectivity index (χ1) is 7.61. The highest BCUT2D eigenvalue weighted by atomic mass is 32.1. The van der Waals surface area contributed by atoms with Crippen molar-refractivity contribution in [2.45, 2.75) is 6.92 Å². The van der Waals surface area contributed by atoms with Crippen molar-refractivity contribution in [1.82, 2.24) is 4.98 Å². The molecule has 0 aliphatic rings. The van der Waals surface area contributed by atoms with E-state index in [4.69, 9.17) is 10.8 Å². The molecule has 5 heteroatoms. The number of carboxylic acid groups (broad SMARTS) is 1. The van der Waals surface area contributed by atoms with Crippen molar-refractivity contribution in [1.29, 1.82) is 0 Å². The van der Waals surface area contributed by atoms with Crippen LogP contribution in [0.5, 0.6) is 0 Å². The highest BCUT2D eigenvalue weighted by Crippen LogP contribution is 2.37. The van der Waals surface area contributed by atoms with Gasteiger partial charge < -0.3 is 10.8 Å². The van der Waals surface area contributed by atoms with Crippen LogP contribution >= 0.6 is 11.3 Å². The van der Waals surface area contributed by atoms with Crippen LogP contribution in [0.25, 0.3) is 10.4 Å². The number of thiophene rings is 1. The van der Waals surface area contributed by atoms with Crippen molar-refractivity contribution in [2.75, 3.05) is 5.73 Å². The number of hydrogen-bond acceptors (Lipinski definition) is 4. The lowest BCUT2D eigenvalue weighted by atomic mass is 10.1. The zero-order valence-electron chi connectivity index (χ0n) is 8.60. The van der Waals surface area contributed by atoms with Crippen molar-refractivity contribution in [3.63, 3.8) is 0 Å². The number of nitrogens with two attached hydrogens (primary N) is 1. The molecule has 0 saturated carbocycles. The molecule has 0 spiro atoms. The standard InChI is InChI=1S/C11H10N2O2S/c1-6-8(11(14)15)10(12)16-9(6)7-2-4-13-5-3-7/h2-5H,12H2,1H3,(H,14,15). The maximum atomic E-state index is 11.0. The maximum Gasteiger partial charge on any atom is 0.338 e. The molecule has 2 heterocycles. The summed E-state index contributed by atoms with van der Waals surface area (Å²) in [7, 11) is 0. The Kier molecular flexibility index (Phi) is 2.62. The van der Waals surface area contributed by atoms with E-state index in [2.05, 4.69) is 4.98 Å². The van der Waals surface area contributed by atoms with E-state index in [1.54, 1.807) is 19.3 Å². The maximum absolute atomic E-state index is 11.0. The Morgan fingerprint density at radius 2 is 2.06 bits per heavy atom. The molecule has 82 valence electrons. The van der Waals surface area contributed by atoms with Gasteiger partial charge in [-0.1, -0.05) is 0 Å². The number of anilines is 1. The van der Waals surface area contributed by atoms with Gasteiger partial charge in [0, 0.05) is 17.3 Å². The fourth-order valence-corrected chi connectivity index (χ4v) is 2.65. The number of rotatable bonds is 2. The van der Waals surface area contributed by atoms with Gasteiger partial charge in [-0.15, -0.1) is 11.3 Å². The summed E-state index contributed by atoms with van der Waals surface area (Å²) < 4.78 is 0. The lowest BCUT2D eigenvalue weighted by Crippen LogP contribution is -2.00.